The van der Waals surface area contributed by atoms with Gasteiger partial charge in [0.05, 0.1) is 18.8 Å². The van der Waals surface area contributed by atoms with Crippen LogP contribution in [0.2, 0.25) is 0 Å². The van der Waals surface area contributed by atoms with Crippen LogP contribution in [0.25, 0.3) is 11.3 Å². The minimum Gasteiger partial charge on any atom is -0.496 e. The summed E-state index contributed by atoms with van der Waals surface area (Å²) in [6.07, 6.45) is 0. The number of hydrogen-bond donors (Lipinski definition) is 1. The topological polar surface area (TPSA) is 47.0 Å². The van der Waals surface area contributed by atoms with Crippen LogP contribution < -0.4 is 10.1 Å². The zero-order valence-corrected chi connectivity index (χ0v) is 11.2. The van der Waals surface area contributed by atoms with Crippen LogP contribution in [0.4, 0.5) is 5.82 Å². The molecule has 0 atom stereocenters. The Labute approximate surface area is 105 Å². The molecule has 1 aromatic heterocycles. The summed E-state index contributed by atoms with van der Waals surface area (Å²) in [6.45, 7) is 4.12. The zero-order chi connectivity index (χ0) is 12.4. The summed E-state index contributed by atoms with van der Waals surface area (Å²) < 4.78 is 14.0. The number of methoxy groups -OCH3 is 1. The van der Waals surface area contributed by atoms with Gasteiger partial charge in [0.2, 0.25) is 0 Å². The van der Waals surface area contributed by atoms with Crippen LogP contribution in [-0.2, 0) is 0 Å². The standard InChI is InChI=1S/C12H15N3OS/c1-7-5-6-9(11(16-4)8(7)2)10-12(13-3)15-17-14-10/h5-6H,1-4H3,(H,13,15). The Bertz CT molecular complexity index is 537. The lowest BCUT2D eigenvalue weighted by atomic mass is 10.0. The van der Waals surface area contributed by atoms with E-state index < -0.39 is 0 Å². The van der Waals surface area contributed by atoms with Crippen LogP contribution in [0.3, 0.4) is 0 Å². The Hall–Kier alpha value is -1.62. The number of anilines is 1. The molecule has 2 aromatic rings. The van der Waals surface area contributed by atoms with Crippen molar-refractivity contribution in [3.8, 4) is 17.0 Å². The molecule has 0 spiro atoms. The van der Waals surface area contributed by atoms with E-state index in [2.05, 4.69) is 34.0 Å². The molecule has 5 heteroatoms. The van der Waals surface area contributed by atoms with Gasteiger partial charge >= 0.3 is 0 Å². The Kier molecular flexibility index (Phi) is 3.28. The van der Waals surface area contributed by atoms with Crippen molar-refractivity contribution < 1.29 is 4.74 Å². The fourth-order valence-corrected chi connectivity index (χ4v) is 2.34. The number of aromatic nitrogens is 2. The van der Waals surface area contributed by atoms with Crippen LogP contribution in [0.15, 0.2) is 12.1 Å². The minimum atomic E-state index is 0.788. The van der Waals surface area contributed by atoms with Crippen LogP contribution in [0.1, 0.15) is 11.1 Å². The second-order valence-corrected chi connectivity index (χ2v) is 4.33. The monoisotopic (exact) mass is 249 g/mol. The van der Waals surface area contributed by atoms with Gasteiger partial charge in [-0.15, -0.1) is 0 Å². The highest BCUT2D eigenvalue weighted by molar-refractivity contribution is 6.99. The summed E-state index contributed by atoms with van der Waals surface area (Å²) in [6, 6.07) is 4.10. The molecule has 0 aliphatic heterocycles. The Morgan fingerprint density at radius 2 is 2.00 bits per heavy atom. The minimum absolute atomic E-state index is 0.788. The summed E-state index contributed by atoms with van der Waals surface area (Å²) >= 11 is 1.20. The molecule has 1 heterocycles. The average Bonchev–Trinajstić information content (AvgIpc) is 2.80. The van der Waals surface area contributed by atoms with Gasteiger partial charge in [-0.25, -0.2) is 0 Å². The van der Waals surface area contributed by atoms with E-state index >= 15 is 0 Å². The Balaban J connectivity index is 2.63. The van der Waals surface area contributed by atoms with Crippen molar-refractivity contribution in [3.05, 3.63) is 23.3 Å². The summed E-state index contributed by atoms with van der Waals surface area (Å²) in [5.74, 6) is 1.66. The molecule has 0 amide bonds. The third-order valence-electron chi connectivity index (χ3n) is 2.86. The first kappa shape index (κ1) is 11.9. The van der Waals surface area contributed by atoms with Crippen molar-refractivity contribution in [1.82, 2.24) is 8.75 Å². The highest BCUT2D eigenvalue weighted by Gasteiger charge is 2.16. The molecule has 0 saturated carbocycles. The number of rotatable bonds is 3. The predicted molar refractivity (Wildman–Crippen MR) is 70.9 cm³/mol. The van der Waals surface area contributed by atoms with Gasteiger partial charge in [0, 0.05) is 12.6 Å². The van der Waals surface area contributed by atoms with Crippen LogP contribution in [-0.4, -0.2) is 22.9 Å². The fraction of sp³-hybridized carbons (Fsp3) is 0.333. The van der Waals surface area contributed by atoms with Gasteiger partial charge in [0.1, 0.15) is 11.4 Å². The molecule has 0 bridgehead atoms. The molecule has 90 valence electrons. The fourth-order valence-electron chi connectivity index (χ4n) is 1.77. The number of benzene rings is 1. The quantitative estimate of drug-likeness (QED) is 0.908. The summed E-state index contributed by atoms with van der Waals surface area (Å²) in [4.78, 5) is 0. The highest BCUT2D eigenvalue weighted by atomic mass is 32.1. The van der Waals surface area contributed by atoms with Crippen molar-refractivity contribution >= 4 is 17.5 Å². The van der Waals surface area contributed by atoms with Crippen molar-refractivity contribution in [1.29, 1.82) is 0 Å². The molecule has 0 fully saturated rings. The molecule has 0 aliphatic carbocycles. The van der Waals surface area contributed by atoms with Crippen LogP contribution in [0, 0.1) is 13.8 Å². The van der Waals surface area contributed by atoms with Gasteiger partial charge in [0.25, 0.3) is 0 Å². The Morgan fingerprint density at radius 3 is 2.65 bits per heavy atom. The highest BCUT2D eigenvalue weighted by Crippen LogP contribution is 2.36. The summed E-state index contributed by atoms with van der Waals surface area (Å²) in [5, 5.41) is 3.04. The van der Waals surface area contributed by atoms with Crippen molar-refractivity contribution in [3.63, 3.8) is 0 Å². The van der Waals surface area contributed by atoms with E-state index in [0.29, 0.717) is 0 Å². The first-order chi connectivity index (χ1) is 8.19. The van der Waals surface area contributed by atoms with Gasteiger partial charge < -0.3 is 10.1 Å². The van der Waals surface area contributed by atoms with Gasteiger partial charge in [-0.1, -0.05) is 6.07 Å². The number of nitrogens with zero attached hydrogens (tertiary/aromatic N) is 2. The van der Waals surface area contributed by atoms with E-state index in [1.807, 2.05) is 13.1 Å². The van der Waals surface area contributed by atoms with Crippen molar-refractivity contribution in [2.45, 2.75) is 13.8 Å². The normalized spacial score (nSPS) is 10.4. The third-order valence-corrected chi connectivity index (χ3v) is 3.39. The SMILES string of the molecule is CNc1nsnc1-c1ccc(C)c(C)c1OC. The average molecular weight is 249 g/mol. The largest absolute Gasteiger partial charge is 0.496 e. The summed E-state index contributed by atoms with van der Waals surface area (Å²) in [5.41, 5.74) is 4.17. The molecule has 1 aromatic carbocycles. The zero-order valence-electron chi connectivity index (χ0n) is 10.4. The van der Waals surface area contributed by atoms with E-state index in [1.165, 1.54) is 17.3 Å². The molecule has 4 nitrogen and oxygen atoms in total. The van der Waals surface area contributed by atoms with Crippen LogP contribution in [0.5, 0.6) is 5.75 Å². The third kappa shape index (κ3) is 1.98. The number of ether oxygens (including phenoxy) is 1. The maximum Gasteiger partial charge on any atom is 0.168 e. The number of hydrogen-bond acceptors (Lipinski definition) is 5. The summed E-state index contributed by atoms with van der Waals surface area (Å²) in [7, 11) is 3.53. The van der Waals surface area contributed by atoms with Gasteiger partial charge in [0.15, 0.2) is 5.82 Å². The molecular weight excluding hydrogens is 234 g/mol. The molecule has 0 aliphatic rings. The number of aryl methyl sites for hydroxylation is 1. The predicted octanol–water partition coefficient (Wildman–Crippen LogP) is 2.87. The first-order valence-corrected chi connectivity index (χ1v) is 6.07. The molecule has 17 heavy (non-hydrogen) atoms. The van der Waals surface area contributed by atoms with E-state index in [4.69, 9.17) is 4.74 Å². The van der Waals surface area contributed by atoms with Gasteiger partial charge in [-0.3, -0.25) is 0 Å². The molecule has 1 N–H and O–H groups in total. The first-order valence-electron chi connectivity index (χ1n) is 5.34. The molecule has 0 radical (unpaired) electrons. The molecule has 0 saturated heterocycles. The van der Waals surface area contributed by atoms with E-state index in [9.17, 15) is 0 Å². The molecule has 0 unspecified atom stereocenters. The van der Waals surface area contributed by atoms with Gasteiger partial charge in [-0.05, 0) is 31.0 Å². The van der Waals surface area contributed by atoms with E-state index in [1.54, 1.807) is 7.11 Å². The van der Waals surface area contributed by atoms with Crippen molar-refractivity contribution in [2.24, 2.45) is 0 Å². The smallest absolute Gasteiger partial charge is 0.168 e. The number of nitrogens with one attached hydrogen (secondary N) is 1. The maximum atomic E-state index is 5.49. The maximum absolute atomic E-state index is 5.49. The Morgan fingerprint density at radius 1 is 1.24 bits per heavy atom. The van der Waals surface area contributed by atoms with Crippen molar-refractivity contribution in [2.75, 3.05) is 19.5 Å². The molecular formula is C12H15N3OS. The van der Waals surface area contributed by atoms with Crippen LogP contribution >= 0.6 is 11.7 Å². The van der Waals surface area contributed by atoms with E-state index in [0.717, 1.165) is 28.4 Å². The lowest BCUT2D eigenvalue weighted by molar-refractivity contribution is 0.413. The lowest BCUT2D eigenvalue weighted by Gasteiger charge is -2.12. The lowest BCUT2D eigenvalue weighted by Crippen LogP contribution is -1.96. The second kappa shape index (κ2) is 4.71. The second-order valence-electron chi connectivity index (χ2n) is 3.80. The van der Waals surface area contributed by atoms with E-state index in [-0.39, 0.29) is 0 Å². The van der Waals surface area contributed by atoms with Gasteiger partial charge in [-0.2, -0.15) is 8.75 Å². The molecule has 2 rings (SSSR count).